The summed E-state index contributed by atoms with van der Waals surface area (Å²) in [6.07, 6.45) is 15.3. The van der Waals surface area contributed by atoms with E-state index >= 15 is 0 Å². The summed E-state index contributed by atoms with van der Waals surface area (Å²) in [4.78, 5) is 0. The maximum Gasteiger partial charge on any atom is -0.0269 e. The molecule has 0 spiro atoms. The molecule has 0 heterocycles. The third kappa shape index (κ3) is 2.57. The second-order valence-corrected chi connectivity index (χ2v) is 6.48. The van der Waals surface area contributed by atoms with Crippen molar-refractivity contribution >= 4 is 0 Å². The van der Waals surface area contributed by atoms with Gasteiger partial charge in [0.15, 0.2) is 0 Å². The predicted octanol–water partition coefficient (Wildman–Crippen LogP) is 5.17. The van der Waals surface area contributed by atoms with Crippen LogP contribution in [0.1, 0.15) is 78.1 Å². The molecular weight excluding hydrogens is 180 g/mol. The van der Waals surface area contributed by atoms with Crippen LogP contribution in [-0.2, 0) is 0 Å². The molecular formula is C15H28. The van der Waals surface area contributed by atoms with Gasteiger partial charge in [-0.3, -0.25) is 0 Å². The minimum atomic E-state index is 0.806. The van der Waals surface area contributed by atoms with E-state index in [0.717, 1.165) is 17.3 Å². The average Bonchev–Trinajstić information content (AvgIpc) is 2.86. The molecule has 2 fully saturated rings. The fourth-order valence-electron chi connectivity index (χ4n) is 4.06. The first kappa shape index (κ1) is 11.5. The van der Waals surface area contributed by atoms with Gasteiger partial charge in [0.2, 0.25) is 0 Å². The van der Waals surface area contributed by atoms with Crippen molar-refractivity contribution in [3.63, 3.8) is 0 Å². The average molecular weight is 208 g/mol. The van der Waals surface area contributed by atoms with Crippen LogP contribution in [0.2, 0.25) is 0 Å². The van der Waals surface area contributed by atoms with Crippen LogP contribution >= 0.6 is 0 Å². The zero-order chi connectivity index (χ0) is 10.7. The van der Waals surface area contributed by atoms with E-state index in [4.69, 9.17) is 0 Å². The molecule has 0 aliphatic heterocycles. The Bertz CT molecular complexity index is 180. The zero-order valence-electron chi connectivity index (χ0n) is 10.7. The quantitative estimate of drug-likeness (QED) is 0.597. The molecule has 2 rings (SSSR count). The SMILES string of the molecule is CC(C)CCC1(C2CCCC2)CCCC1. The summed E-state index contributed by atoms with van der Waals surface area (Å²) in [6.45, 7) is 4.77. The van der Waals surface area contributed by atoms with Gasteiger partial charge in [-0.15, -0.1) is 0 Å². The summed E-state index contributed by atoms with van der Waals surface area (Å²) in [5.41, 5.74) is 0.806. The van der Waals surface area contributed by atoms with Gasteiger partial charge in [0, 0.05) is 0 Å². The van der Waals surface area contributed by atoms with Gasteiger partial charge in [-0.25, -0.2) is 0 Å². The van der Waals surface area contributed by atoms with Crippen molar-refractivity contribution in [2.75, 3.05) is 0 Å². The van der Waals surface area contributed by atoms with Gasteiger partial charge in [0.25, 0.3) is 0 Å². The first-order chi connectivity index (χ1) is 7.23. The van der Waals surface area contributed by atoms with E-state index in [0.29, 0.717) is 0 Å². The molecule has 0 nitrogen and oxygen atoms in total. The molecule has 0 heteroatoms. The predicted molar refractivity (Wildman–Crippen MR) is 66.9 cm³/mol. The molecule has 0 aromatic rings. The Morgan fingerprint density at radius 2 is 1.60 bits per heavy atom. The van der Waals surface area contributed by atoms with E-state index in [-0.39, 0.29) is 0 Å². The topological polar surface area (TPSA) is 0 Å². The molecule has 15 heavy (non-hydrogen) atoms. The molecule has 0 radical (unpaired) electrons. The van der Waals surface area contributed by atoms with E-state index in [2.05, 4.69) is 13.8 Å². The number of hydrogen-bond acceptors (Lipinski definition) is 0. The van der Waals surface area contributed by atoms with Crippen LogP contribution in [0.4, 0.5) is 0 Å². The van der Waals surface area contributed by atoms with Crippen LogP contribution in [0.15, 0.2) is 0 Å². The fraction of sp³-hybridized carbons (Fsp3) is 1.00. The van der Waals surface area contributed by atoms with Crippen molar-refractivity contribution in [1.82, 2.24) is 0 Å². The van der Waals surface area contributed by atoms with Crippen molar-refractivity contribution in [2.24, 2.45) is 17.3 Å². The second kappa shape index (κ2) is 4.89. The largest absolute Gasteiger partial charge is 0.0628 e. The highest BCUT2D eigenvalue weighted by molar-refractivity contribution is 4.92. The first-order valence-electron chi connectivity index (χ1n) is 7.23. The van der Waals surface area contributed by atoms with E-state index in [1.165, 1.54) is 38.5 Å². The lowest BCUT2D eigenvalue weighted by Gasteiger charge is -2.36. The summed E-state index contributed by atoms with van der Waals surface area (Å²) in [6, 6.07) is 0. The minimum absolute atomic E-state index is 0.806. The smallest absolute Gasteiger partial charge is 0.0269 e. The molecule has 88 valence electrons. The maximum atomic E-state index is 2.39. The van der Waals surface area contributed by atoms with E-state index in [1.54, 1.807) is 25.7 Å². The lowest BCUT2D eigenvalue weighted by molar-refractivity contribution is 0.142. The fourth-order valence-corrected chi connectivity index (χ4v) is 4.06. The number of hydrogen-bond donors (Lipinski definition) is 0. The molecule has 2 aliphatic rings. The van der Waals surface area contributed by atoms with Crippen molar-refractivity contribution in [3.8, 4) is 0 Å². The summed E-state index contributed by atoms with van der Waals surface area (Å²) >= 11 is 0. The van der Waals surface area contributed by atoms with Gasteiger partial charge in [-0.2, -0.15) is 0 Å². The van der Waals surface area contributed by atoms with Gasteiger partial charge in [0.05, 0.1) is 0 Å². The maximum absolute atomic E-state index is 2.39. The third-order valence-electron chi connectivity index (χ3n) is 5.04. The Kier molecular flexibility index (Phi) is 3.74. The lowest BCUT2D eigenvalue weighted by atomic mass is 9.69. The van der Waals surface area contributed by atoms with E-state index in [9.17, 15) is 0 Å². The molecule has 2 aliphatic carbocycles. The van der Waals surface area contributed by atoms with Gasteiger partial charge >= 0.3 is 0 Å². The van der Waals surface area contributed by atoms with Gasteiger partial charge < -0.3 is 0 Å². The van der Waals surface area contributed by atoms with Gasteiger partial charge in [0.1, 0.15) is 0 Å². The minimum Gasteiger partial charge on any atom is -0.0628 e. The molecule has 0 unspecified atom stereocenters. The highest BCUT2D eigenvalue weighted by Gasteiger charge is 2.41. The Balaban J connectivity index is 1.96. The summed E-state index contributed by atoms with van der Waals surface area (Å²) in [7, 11) is 0. The monoisotopic (exact) mass is 208 g/mol. The molecule has 0 N–H and O–H groups in total. The Morgan fingerprint density at radius 1 is 1.00 bits per heavy atom. The number of rotatable bonds is 4. The normalized spacial score (nSPS) is 26.6. The molecule has 0 aromatic heterocycles. The molecule has 0 bridgehead atoms. The Hall–Kier alpha value is 0. The van der Waals surface area contributed by atoms with Crippen molar-refractivity contribution in [1.29, 1.82) is 0 Å². The standard InChI is InChI=1S/C15H28/c1-13(2)9-12-15(10-5-6-11-15)14-7-3-4-8-14/h13-14H,3-12H2,1-2H3. The van der Waals surface area contributed by atoms with Crippen LogP contribution in [-0.4, -0.2) is 0 Å². The second-order valence-electron chi connectivity index (χ2n) is 6.48. The van der Waals surface area contributed by atoms with Crippen LogP contribution in [0, 0.1) is 17.3 Å². The van der Waals surface area contributed by atoms with Crippen molar-refractivity contribution in [3.05, 3.63) is 0 Å². The van der Waals surface area contributed by atoms with Gasteiger partial charge in [-0.1, -0.05) is 46.0 Å². The van der Waals surface area contributed by atoms with Crippen LogP contribution in [0.5, 0.6) is 0 Å². The lowest BCUT2D eigenvalue weighted by Crippen LogP contribution is -2.26. The van der Waals surface area contributed by atoms with Crippen LogP contribution in [0.25, 0.3) is 0 Å². The Labute approximate surface area is 95.8 Å². The summed E-state index contributed by atoms with van der Waals surface area (Å²) in [5.74, 6) is 2.02. The molecule has 0 atom stereocenters. The molecule has 0 aromatic carbocycles. The molecule has 0 amide bonds. The zero-order valence-corrected chi connectivity index (χ0v) is 10.7. The van der Waals surface area contributed by atoms with E-state index < -0.39 is 0 Å². The third-order valence-corrected chi connectivity index (χ3v) is 5.04. The summed E-state index contributed by atoms with van der Waals surface area (Å²) in [5, 5.41) is 0. The highest BCUT2D eigenvalue weighted by Crippen LogP contribution is 2.53. The van der Waals surface area contributed by atoms with E-state index in [1.807, 2.05) is 0 Å². The van der Waals surface area contributed by atoms with Crippen LogP contribution < -0.4 is 0 Å². The Morgan fingerprint density at radius 3 is 2.13 bits per heavy atom. The van der Waals surface area contributed by atoms with Crippen LogP contribution in [0.3, 0.4) is 0 Å². The summed E-state index contributed by atoms with van der Waals surface area (Å²) < 4.78 is 0. The molecule has 0 saturated heterocycles. The van der Waals surface area contributed by atoms with Crippen molar-refractivity contribution < 1.29 is 0 Å². The first-order valence-corrected chi connectivity index (χ1v) is 7.23. The van der Waals surface area contributed by atoms with Gasteiger partial charge in [-0.05, 0) is 49.4 Å². The highest BCUT2D eigenvalue weighted by atomic mass is 14.5. The molecule has 2 saturated carbocycles. The van der Waals surface area contributed by atoms with Crippen molar-refractivity contribution in [2.45, 2.75) is 78.1 Å².